The summed E-state index contributed by atoms with van der Waals surface area (Å²) >= 11 is 4.87. The topological polar surface area (TPSA) is 72.2 Å². The van der Waals surface area contributed by atoms with Gasteiger partial charge < -0.3 is 5.32 Å². The van der Waals surface area contributed by atoms with E-state index in [0.29, 0.717) is 0 Å². The first-order valence-corrected chi connectivity index (χ1v) is 9.71. The van der Waals surface area contributed by atoms with Crippen LogP contribution in [-0.4, -0.2) is 16.6 Å². The summed E-state index contributed by atoms with van der Waals surface area (Å²) in [5.41, 5.74) is 0.912. The third-order valence-electron chi connectivity index (χ3n) is 4.38. The lowest BCUT2D eigenvalue weighted by atomic mass is 9.72. The molecule has 1 amide bonds. The average molecular weight is 421 g/mol. The Morgan fingerprint density at radius 2 is 1.96 bits per heavy atom. The number of benzene rings is 2. The van der Waals surface area contributed by atoms with Gasteiger partial charge in [0.2, 0.25) is 5.91 Å². The number of nitro groups is 1. The van der Waals surface area contributed by atoms with E-state index >= 15 is 0 Å². The van der Waals surface area contributed by atoms with Gasteiger partial charge in [-0.3, -0.25) is 14.9 Å². The molecule has 1 aliphatic carbocycles. The molecule has 0 spiro atoms. The molecule has 0 aromatic heterocycles. The van der Waals surface area contributed by atoms with Crippen molar-refractivity contribution in [3.05, 3.63) is 68.7 Å². The number of hydrogen-bond donors (Lipinski definition) is 1. The van der Waals surface area contributed by atoms with Crippen molar-refractivity contribution in [2.24, 2.45) is 0 Å². The van der Waals surface area contributed by atoms with E-state index < -0.39 is 4.92 Å². The molecule has 1 N–H and O–H groups in total. The van der Waals surface area contributed by atoms with Crippen LogP contribution >= 0.6 is 27.7 Å². The van der Waals surface area contributed by atoms with Gasteiger partial charge in [0, 0.05) is 21.5 Å². The maximum Gasteiger partial charge on any atom is 0.269 e. The zero-order chi connectivity index (χ0) is 17.9. The standard InChI is InChI=1S/C18H17BrN2O3S/c19-14-4-1-3-13(11-14)18(9-2-10-18)20-17(22)12-25-16-7-5-15(6-8-16)21(23)24/h1,3-8,11H,2,9-10,12H2,(H,20,22). The van der Waals surface area contributed by atoms with E-state index in [0.717, 1.165) is 34.2 Å². The molecule has 0 radical (unpaired) electrons. The monoisotopic (exact) mass is 420 g/mol. The predicted molar refractivity (Wildman–Crippen MR) is 102 cm³/mol. The molecule has 7 heteroatoms. The van der Waals surface area contributed by atoms with Gasteiger partial charge in [0.25, 0.3) is 5.69 Å². The van der Waals surface area contributed by atoms with Crippen molar-refractivity contribution >= 4 is 39.3 Å². The Morgan fingerprint density at radius 1 is 1.24 bits per heavy atom. The summed E-state index contributed by atoms with van der Waals surface area (Å²) in [5.74, 6) is 0.260. The third kappa shape index (κ3) is 4.22. The van der Waals surface area contributed by atoms with Crippen molar-refractivity contribution in [2.75, 3.05) is 5.75 Å². The highest BCUT2D eigenvalue weighted by molar-refractivity contribution is 9.10. The molecule has 0 saturated heterocycles. The largest absolute Gasteiger partial charge is 0.346 e. The number of amides is 1. The summed E-state index contributed by atoms with van der Waals surface area (Å²) in [5, 5.41) is 13.8. The lowest BCUT2D eigenvalue weighted by molar-refractivity contribution is -0.384. The number of non-ortho nitro benzene ring substituents is 1. The highest BCUT2D eigenvalue weighted by Crippen LogP contribution is 2.42. The van der Waals surface area contributed by atoms with Crippen LogP contribution in [0.5, 0.6) is 0 Å². The Balaban J connectivity index is 1.60. The second-order valence-electron chi connectivity index (χ2n) is 6.03. The van der Waals surface area contributed by atoms with E-state index in [-0.39, 0.29) is 22.9 Å². The van der Waals surface area contributed by atoms with Crippen LogP contribution in [0.1, 0.15) is 24.8 Å². The van der Waals surface area contributed by atoms with E-state index in [1.54, 1.807) is 12.1 Å². The van der Waals surface area contributed by atoms with Gasteiger partial charge in [0.05, 0.1) is 16.2 Å². The normalized spacial score (nSPS) is 15.2. The van der Waals surface area contributed by atoms with Crippen LogP contribution in [0.2, 0.25) is 0 Å². The maximum atomic E-state index is 12.4. The third-order valence-corrected chi connectivity index (χ3v) is 5.89. The number of nitrogens with one attached hydrogen (secondary N) is 1. The minimum absolute atomic E-state index is 0.0250. The minimum atomic E-state index is -0.431. The highest BCUT2D eigenvalue weighted by Gasteiger charge is 2.39. The van der Waals surface area contributed by atoms with Gasteiger partial charge in [-0.2, -0.15) is 0 Å². The fourth-order valence-corrected chi connectivity index (χ4v) is 4.02. The SMILES string of the molecule is O=C(CSc1ccc([N+](=O)[O-])cc1)NC1(c2cccc(Br)c2)CCC1. The van der Waals surface area contributed by atoms with E-state index in [9.17, 15) is 14.9 Å². The van der Waals surface area contributed by atoms with Crippen LogP contribution in [0.25, 0.3) is 0 Å². The molecule has 1 saturated carbocycles. The van der Waals surface area contributed by atoms with Crippen molar-refractivity contribution in [3.63, 3.8) is 0 Å². The lowest BCUT2D eigenvalue weighted by Gasteiger charge is -2.43. The molecule has 0 aliphatic heterocycles. The first-order chi connectivity index (χ1) is 12.0. The molecule has 2 aromatic rings. The summed E-state index contributed by atoms with van der Waals surface area (Å²) in [6.45, 7) is 0. The first-order valence-electron chi connectivity index (χ1n) is 7.93. The van der Waals surface area contributed by atoms with E-state index in [1.807, 2.05) is 18.2 Å². The molecule has 1 fully saturated rings. The average Bonchev–Trinajstić information content (AvgIpc) is 2.56. The van der Waals surface area contributed by atoms with Crippen molar-refractivity contribution in [1.82, 2.24) is 5.32 Å². The minimum Gasteiger partial charge on any atom is -0.346 e. The van der Waals surface area contributed by atoms with Crippen LogP contribution in [0.3, 0.4) is 0 Å². The Morgan fingerprint density at radius 3 is 2.52 bits per heavy atom. The smallest absolute Gasteiger partial charge is 0.269 e. The molecule has 2 aromatic carbocycles. The van der Waals surface area contributed by atoms with E-state index in [2.05, 4.69) is 27.3 Å². The van der Waals surface area contributed by atoms with Gasteiger partial charge in [0.15, 0.2) is 0 Å². The molecule has 130 valence electrons. The fraction of sp³-hybridized carbons (Fsp3) is 0.278. The van der Waals surface area contributed by atoms with Gasteiger partial charge in [0.1, 0.15) is 0 Å². The number of carbonyl (C=O) groups is 1. The molecule has 25 heavy (non-hydrogen) atoms. The summed E-state index contributed by atoms with van der Waals surface area (Å²) < 4.78 is 1.01. The van der Waals surface area contributed by atoms with Gasteiger partial charge in [-0.05, 0) is 49.1 Å². The molecule has 0 heterocycles. The summed E-state index contributed by atoms with van der Waals surface area (Å²) in [4.78, 5) is 23.5. The zero-order valence-electron chi connectivity index (χ0n) is 13.4. The quantitative estimate of drug-likeness (QED) is 0.419. The number of nitro benzene ring substituents is 1. The number of rotatable bonds is 6. The molecule has 5 nitrogen and oxygen atoms in total. The van der Waals surface area contributed by atoms with Crippen LogP contribution in [0.15, 0.2) is 57.9 Å². The number of nitrogens with zero attached hydrogens (tertiary/aromatic N) is 1. The van der Waals surface area contributed by atoms with Gasteiger partial charge in [-0.1, -0.05) is 28.1 Å². The van der Waals surface area contributed by atoms with Gasteiger partial charge in [-0.25, -0.2) is 0 Å². The van der Waals surface area contributed by atoms with E-state index in [1.165, 1.54) is 23.9 Å². The lowest BCUT2D eigenvalue weighted by Crippen LogP contribution is -2.51. The molecule has 0 atom stereocenters. The highest BCUT2D eigenvalue weighted by atomic mass is 79.9. The summed E-state index contributed by atoms with van der Waals surface area (Å²) in [6.07, 6.45) is 2.98. The predicted octanol–water partition coefficient (Wildman–Crippen LogP) is 4.65. The van der Waals surface area contributed by atoms with Gasteiger partial charge in [-0.15, -0.1) is 11.8 Å². The summed E-state index contributed by atoms with van der Waals surface area (Å²) in [7, 11) is 0. The van der Waals surface area contributed by atoms with Crippen LogP contribution < -0.4 is 5.32 Å². The number of halogens is 1. The molecule has 3 rings (SSSR count). The van der Waals surface area contributed by atoms with Crippen LogP contribution in [0.4, 0.5) is 5.69 Å². The second kappa shape index (κ2) is 7.58. The number of thioether (sulfide) groups is 1. The van der Waals surface area contributed by atoms with Crippen molar-refractivity contribution in [1.29, 1.82) is 0 Å². The second-order valence-corrected chi connectivity index (χ2v) is 8.00. The zero-order valence-corrected chi connectivity index (χ0v) is 15.8. The van der Waals surface area contributed by atoms with Crippen molar-refractivity contribution in [2.45, 2.75) is 29.7 Å². The molecular weight excluding hydrogens is 404 g/mol. The van der Waals surface area contributed by atoms with Crippen molar-refractivity contribution in [3.8, 4) is 0 Å². The molecular formula is C18H17BrN2O3S. The fourth-order valence-electron chi connectivity index (χ4n) is 2.92. The van der Waals surface area contributed by atoms with Crippen molar-refractivity contribution < 1.29 is 9.72 Å². The van der Waals surface area contributed by atoms with E-state index in [4.69, 9.17) is 0 Å². The Bertz CT molecular complexity index is 791. The van der Waals surface area contributed by atoms with Gasteiger partial charge >= 0.3 is 0 Å². The Kier molecular flexibility index (Phi) is 5.44. The maximum absolute atomic E-state index is 12.4. The Labute approximate surface area is 158 Å². The Hall–Kier alpha value is -1.86. The molecule has 0 bridgehead atoms. The molecule has 1 aliphatic rings. The summed E-state index contributed by atoms with van der Waals surface area (Å²) in [6, 6.07) is 14.3. The van der Waals surface area contributed by atoms with Crippen LogP contribution in [0, 0.1) is 10.1 Å². The van der Waals surface area contributed by atoms with Crippen LogP contribution in [-0.2, 0) is 10.3 Å². The molecule has 0 unspecified atom stereocenters. The number of carbonyl (C=O) groups excluding carboxylic acids is 1. The first kappa shape index (κ1) is 17.9. The number of hydrogen-bond acceptors (Lipinski definition) is 4.